The molecule has 70 valence electrons. The second kappa shape index (κ2) is 6.79. The van der Waals surface area contributed by atoms with Gasteiger partial charge in [0.1, 0.15) is 6.61 Å². The van der Waals surface area contributed by atoms with Crippen LogP contribution in [-0.4, -0.2) is 30.1 Å². The fourth-order valence-electron chi connectivity index (χ4n) is 0.696. The number of ether oxygens (including phenoxy) is 1. The van der Waals surface area contributed by atoms with E-state index in [0.717, 1.165) is 0 Å². The van der Waals surface area contributed by atoms with Gasteiger partial charge in [0.25, 0.3) is 0 Å². The maximum Gasteiger partial charge on any atom is 0.303 e. The zero-order valence-corrected chi connectivity index (χ0v) is 7.21. The van der Waals surface area contributed by atoms with E-state index in [4.69, 9.17) is 9.84 Å². The Balaban J connectivity index is 3.01. The summed E-state index contributed by atoms with van der Waals surface area (Å²) in [5, 5.41) is 8.26. The minimum absolute atomic E-state index is 0.00626. The molecule has 1 N–H and O–H groups in total. The molecule has 0 bridgehead atoms. The zero-order chi connectivity index (χ0) is 9.40. The Kier molecular flexibility index (Phi) is 6.28. The van der Waals surface area contributed by atoms with Crippen molar-refractivity contribution in [1.29, 1.82) is 0 Å². The molecule has 0 unspecified atom stereocenters. The molecule has 4 heteroatoms. The third kappa shape index (κ3) is 9.10. The van der Waals surface area contributed by atoms with Gasteiger partial charge in [-0.05, 0) is 19.8 Å². The SMILES string of the molecule is CC(=O)COCCCCC(=O)O. The van der Waals surface area contributed by atoms with Crippen molar-refractivity contribution in [3.63, 3.8) is 0 Å². The van der Waals surface area contributed by atoms with E-state index in [2.05, 4.69) is 0 Å². The Labute approximate surface area is 71.5 Å². The van der Waals surface area contributed by atoms with Crippen molar-refractivity contribution in [3.8, 4) is 0 Å². The van der Waals surface area contributed by atoms with Crippen molar-refractivity contribution >= 4 is 11.8 Å². The molecule has 0 atom stereocenters. The molecule has 0 aromatic rings. The van der Waals surface area contributed by atoms with Crippen LogP contribution in [0, 0.1) is 0 Å². The lowest BCUT2D eigenvalue weighted by Gasteiger charge is -1.99. The van der Waals surface area contributed by atoms with Crippen molar-refractivity contribution in [2.75, 3.05) is 13.2 Å². The van der Waals surface area contributed by atoms with Crippen molar-refractivity contribution in [3.05, 3.63) is 0 Å². The van der Waals surface area contributed by atoms with Crippen LogP contribution in [0.5, 0.6) is 0 Å². The molecule has 0 saturated carbocycles. The van der Waals surface area contributed by atoms with Crippen LogP contribution in [0.25, 0.3) is 0 Å². The predicted octanol–water partition coefficient (Wildman–Crippen LogP) is 0.847. The van der Waals surface area contributed by atoms with Gasteiger partial charge in [0.15, 0.2) is 5.78 Å². The normalized spacial score (nSPS) is 9.75. The second-order valence-corrected chi connectivity index (χ2v) is 2.61. The van der Waals surface area contributed by atoms with Crippen LogP contribution in [0.4, 0.5) is 0 Å². The summed E-state index contributed by atoms with van der Waals surface area (Å²) in [4.78, 5) is 20.4. The summed E-state index contributed by atoms with van der Waals surface area (Å²) in [6, 6.07) is 0. The third-order valence-electron chi connectivity index (χ3n) is 1.23. The number of aliphatic carboxylic acids is 1. The number of carboxylic acids is 1. The smallest absolute Gasteiger partial charge is 0.303 e. The van der Waals surface area contributed by atoms with Crippen LogP contribution in [0.2, 0.25) is 0 Å². The average molecular weight is 174 g/mol. The van der Waals surface area contributed by atoms with Crippen LogP contribution in [0.15, 0.2) is 0 Å². The first-order valence-electron chi connectivity index (χ1n) is 3.92. The molecule has 0 heterocycles. The molecule has 0 fully saturated rings. The summed E-state index contributed by atoms with van der Waals surface area (Å²) in [6.45, 7) is 2.05. The van der Waals surface area contributed by atoms with Crippen molar-refractivity contribution < 1.29 is 19.4 Å². The monoisotopic (exact) mass is 174 g/mol. The maximum absolute atomic E-state index is 10.4. The highest BCUT2D eigenvalue weighted by Gasteiger charge is 1.96. The molecule has 0 rings (SSSR count). The number of carbonyl (C=O) groups excluding carboxylic acids is 1. The van der Waals surface area contributed by atoms with Crippen LogP contribution in [0.3, 0.4) is 0 Å². The summed E-state index contributed by atoms with van der Waals surface area (Å²) >= 11 is 0. The molecular weight excluding hydrogens is 160 g/mol. The fraction of sp³-hybridized carbons (Fsp3) is 0.750. The standard InChI is InChI=1S/C8H14O4/c1-7(9)6-12-5-3-2-4-8(10)11/h2-6H2,1H3,(H,10,11). The van der Waals surface area contributed by atoms with Gasteiger partial charge in [0.05, 0.1) is 0 Å². The van der Waals surface area contributed by atoms with E-state index in [1.807, 2.05) is 0 Å². The molecule has 0 aliphatic carbocycles. The average Bonchev–Trinajstić information content (AvgIpc) is 1.95. The number of ketones is 1. The van der Waals surface area contributed by atoms with Gasteiger partial charge in [-0.2, -0.15) is 0 Å². The molecule has 0 saturated heterocycles. The van der Waals surface area contributed by atoms with Gasteiger partial charge in [0, 0.05) is 13.0 Å². The molecule has 0 amide bonds. The Morgan fingerprint density at radius 2 is 2.00 bits per heavy atom. The van der Waals surface area contributed by atoms with Crippen LogP contribution in [0.1, 0.15) is 26.2 Å². The summed E-state index contributed by atoms with van der Waals surface area (Å²) < 4.78 is 4.93. The van der Waals surface area contributed by atoms with Gasteiger partial charge in [-0.1, -0.05) is 0 Å². The van der Waals surface area contributed by atoms with E-state index in [1.165, 1.54) is 6.92 Å². The topological polar surface area (TPSA) is 63.6 Å². The number of hydrogen-bond acceptors (Lipinski definition) is 3. The zero-order valence-electron chi connectivity index (χ0n) is 7.21. The van der Waals surface area contributed by atoms with Gasteiger partial charge < -0.3 is 9.84 Å². The highest BCUT2D eigenvalue weighted by molar-refractivity contribution is 5.76. The number of hydrogen-bond donors (Lipinski definition) is 1. The van der Waals surface area contributed by atoms with Crippen molar-refractivity contribution in [1.82, 2.24) is 0 Å². The largest absolute Gasteiger partial charge is 0.481 e. The molecule has 0 spiro atoms. The van der Waals surface area contributed by atoms with E-state index in [-0.39, 0.29) is 18.8 Å². The lowest BCUT2D eigenvalue weighted by atomic mass is 10.2. The first-order valence-corrected chi connectivity index (χ1v) is 3.92. The summed E-state index contributed by atoms with van der Waals surface area (Å²) in [6.07, 6.45) is 1.47. The summed E-state index contributed by atoms with van der Waals surface area (Å²) in [7, 11) is 0. The number of carbonyl (C=O) groups is 2. The molecule has 0 aromatic heterocycles. The highest BCUT2D eigenvalue weighted by Crippen LogP contribution is 1.95. The molecule has 0 aliphatic heterocycles. The van der Waals surface area contributed by atoms with Crippen LogP contribution < -0.4 is 0 Å². The molecule has 4 nitrogen and oxygen atoms in total. The van der Waals surface area contributed by atoms with Gasteiger partial charge in [-0.3, -0.25) is 9.59 Å². The Hall–Kier alpha value is -0.900. The highest BCUT2D eigenvalue weighted by atomic mass is 16.5. The number of unbranched alkanes of at least 4 members (excludes halogenated alkanes) is 1. The number of Topliss-reactive ketones (excluding diaryl/α,β-unsaturated/α-hetero) is 1. The van der Waals surface area contributed by atoms with Gasteiger partial charge in [-0.25, -0.2) is 0 Å². The van der Waals surface area contributed by atoms with Gasteiger partial charge in [0.2, 0.25) is 0 Å². The maximum atomic E-state index is 10.4. The molecule has 0 radical (unpaired) electrons. The summed E-state index contributed by atoms with van der Waals surface area (Å²) in [5.41, 5.74) is 0. The van der Waals surface area contributed by atoms with E-state index < -0.39 is 5.97 Å². The minimum atomic E-state index is -0.790. The summed E-state index contributed by atoms with van der Waals surface area (Å²) in [5.74, 6) is -0.796. The number of carboxylic acid groups (broad SMARTS) is 1. The van der Waals surface area contributed by atoms with Crippen molar-refractivity contribution in [2.45, 2.75) is 26.2 Å². The van der Waals surface area contributed by atoms with E-state index >= 15 is 0 Å². The Morgan fingerprint density at radius 1 is 1.33 bits per heavy atom. The molecule has 0 aliphatic rings. The first-order chi connectivity index (χ1) is 5.63. The third-order valence-corrected chi connectivity index (χ3v) is 1.23. The van der Waals surface area contributed by atoms with Gasteiger partial charge >= 0.3 is 5.97 Å². The lowest BCUT2D eigenvalue weighted by molar-refractivity contribution is -0.137. The van der Waals surface area contributed by atoms with Crippen LogP contribution >= 0.6 is 0 Å². The minimum Gasteiger partial charge on any atom is -0.481 e. The lowest BCUT2D eigenvalue weighted by Crippen LogP contribution is -2.05. The Bertz CT molecular complexity index is 135. The molecule has 0 aromatic carbocycles. The number of rotatable bonds is 7. The van der Waals surface area contributed by atoms with Crippen LogP contribution in [-0.2, 0) is 14.3 Å². The van der Waals surface area contributed by atoms with Gasteiger partial charge in [-0.15, -0.1) is 0 Å². The molecular formula is C8H14O4. The predicted molar refractivity (Wildman–Crippen MR) is 43.0 cm³/mol. The first kappa shape index (κ1) is 11.1. The fourth-order valence-corrected chi connectivity index (χ4v) is 0.696. The quantitative estimate of drug-likeness (QED) is 0.581. The molecule has 12 heavy (non-hydrogen) atoms. The second-order valence-electron chi connectivity index (χ2n) is 2.61. The van der Waals surface area contributed by atoms with E-state index in [1.54, 1.807) is 0 Å². The Morgan fingerprint density at radius 3 is 2.50 bits per heavy atom. The van der Waals surface area contributed by atoms with E-state index in [0.29, 0.717) is 19.4 Å². The van der Waals surface area contributed by atoms with Crippen molar-refractivity contribution in [2.24, 2.45) is 0 Å². The van der Waals surface area contributed by atoms with E-state index in [9.17, 15) is 9.59 Å².